The summed E-state index contributed by atoms with van der Waals surface area (Å²) in [5.41, 5.74) is 0. The van der Waals surface area contributed by atoms with Gasteiger partial charge in [0.1, 0.15) is 0 Å². The van der Waals surface area contributed by atoms with Gasteiger partial charge in [0.25, 0.3) is 0 Å². The zero-order valence-electron chi connectivity index (χ0n) is 5.38. The Morgan fingerprint density at radius 3 is 1.30 bits per heavy atom. The summed E-state index contributed by atoms with van der Waals surface area (Å²) >= 11 is 0. The summed E-state index contributed by atoms with van der Waals surface area (Å²) in [6.45, 7) is 1.32. The average molecular weight is 186 g/mol. The van der Waals surface area contributed by atoms with Crippen LogP contribution in [0.1, 0.15) is 21.8 Å². The van der Waals surface area contributed by atoms with Crippen molar-refractivity contribution in [3.63, 3.8) is 0 Å². The van der Waals surface area contributed by atoms with Crippen molar-refractivity contribution in [2.75, 3.05) is 6.16 Å². The molecule has 0 saturated carbocycles. The zero-order valence-corrected chi connectivity index (χ0v) is 10.3. The molecule has 10 heavy (non-hydrogen) atoms. The molecule has 0 aromatic rings. The molecule has 0 N–H and O–H groups in total. The number of rotatable bonds is 1. The summed E-state index contributed by atoms with van der Waals surface area (Å²) < 4.78 is 9.47. The Hall–Kier alpha value is 2.15. The van der Waals surface area contributed by atoms with E-state index in [-0.39, 0.29) is 80.1 Å². The molecule has 0 rings (SSSR count). The largest absolute Gasteiger partial charge is 1.00 e. The van der Waals surface area contributed by atoms with Crippen molar-refractivity contribution in [3.05, 3.63) is 0 Å². The summed E-state index contributed by atoms with van der Waals surface area (Å²) in [5.74, 6) is 0. The van der Waals surface area contributed by atoms with Crippen LogP contribution in [-0.4, -0.2) is 6.16 Å². The van der Waals surface area contributed by atoms with Crippen LogP contribution < -0.4 is 68.9 Å². The molecular formula is C4H13Na2O3P. The SMILES string of the molecule is C.C.CCP(=O)([O-])[O-].[Na+].[Na+]. The summed E-state index contributed by atoms with van der Waals surface area (Å²) in [7, 11) is -4.15. The maximum atomic E-state index is 9.47. The second-order valence-electron chi connectivity index (χ2n) is 0.927. The van der Waals surface area contributed by atoms with Crippen LogP contribution in [-0.2, 0) is 4.57 Å². The molecule has 0 aromatic heterocycles. The monoisotopic (exact) mass is 186 g/mol. The van der Waals surface area contributed by atoms with Gasteiger partial charge < -0.3 is 14.4 Å². The maximum Gasteiger partial charge on any atom is 1.00 e. The van der Waals surface area contributed by atoms with E-state index >= 15 is 0 Å². The molecule has 0 bridgehead atoms. The van der Waals surface area contributed by atoms with Crippen molar-refractivity contribution >= 4 is 7.60 Å². The van der Waals surface area contributed by atoms with Gasteiger partial charge in [-0.25, -0.2) is 0 Å². The first kappa shape index (κ1) is 29.5. The topological polar surface area (TPSA) is 63.2 Å². The average Bonchev–Trinajstić information content (AvgIpc) is 1.35. The van der Waals surface area contributed by atoms with Gasteiger partial charge in [-0.2, -0.15) is 0 Å². The van der Waals surface area contributed by atoms with Crippen molar-refractivity contribution in [1.29, 1.82) is 0 Å². The molecule has 0 aliphatic heterocycles. The van der Waals surface area contributed by atoms with Crippen LogP contribution >= 0.6 is 7.60 Å². The van der Waals surface area contributed by atoms with Crippen molar-refractivity contribution in [2.24, 2.45) is 0 Å². The van der Waals surface area contributed by atoms with Crippen LogP contribution in [0.25, 0.3) is 0 Å². The van der Waals surface area contributed by atoms with Gasteiger partial charge in [0.15, 0.2) is 0 Å². The Morgan fingerprint density at radius 2 is 1.30 bits per heavy atom. The molecule has 0 atom stereocenters. The van der Waals surface area contributed by atoms with Gasteiger partial charge in [-0.3, -0.25) is 0 Å². The van der Waals surface area contributed by atoms with E-state index in [9.17, 15) is 14.4 Å². The van der Waals surface area contributed by atoms with Crippen LogP contribution in [0.2, 0.25) is 0 Å². The summed E-state index contributed by atoms with van der Waals surface area (Å²) in [5, 5.41) is 0. The smallest absolute Gasteiger partial charge is 0.811 e. The van der Waals surface area contributed by atoms with E-state index < -0.39 is 7.60 Å². The molecule has 0 aromatic carbocycles. The second kappa shape index (κ2) is 13.7. The first-order chi connectivity index (χ1) is 2.56. The molecule has 0 amide bonds. The maximum absolute atomic E-state index is 9.47. The van der Waals surface area contributed by atoms with E-state index in [4.69, 9.17) is 0 Å². The van der Waals surface area contributed by atoms with Crippen LogP contribution in [0.5, 0.6) is 0 Å². The van der Waals surface area contributed by atoms with Crippen molar-refractivity contribution in [1.82, 2.24) is 0 Å². The Balaban J connectivity index is -0.0000000208. The zero-order chi connectivity index (χ0) is 5.21. The first-order valence-corrected chi connectivity index (χ1v) is 3.30. The molecular weight excluding hydrogens is 173 g/mol. The van der Waals surface area contributed by atoms with Gasteiger partial charge in [-0.1, -0.05) is 29.4 Å². The normalized spacial score (nSPS) is 7.10. The van der Waals surface area contributed by atoms with Crippen molar-refractivity contribution < 1.29 is 73.5 Å². The molecule has 0 unspecified atom stereocenters. The van der Waals surface area contributed by atoms with Crippen LogP contribution in [0.3, 0.4) is 0 Å². The molecule has 6 heteroatoms. The predicted molar refractivity (Wildman–Crippen MR) is 31.6 cm³/mol. The van der Waals surface area contributed by atoms with Gasteiger partial charge in [-0.05, 0) is 6.16 Å². The van der Waals surface area contributed by atoms with Gasteiger partial charge in [0.2, 0.25) is 0 Å². The van der Waals surface area contributed by atoms with E-state index in [1.165, 1.54) is 6.92 Å². The molecule has 54 valence electrons. The fraction of sp³-hybridized carbons (Fsp3) is 1.00. The molecule has 0 fully saturated rings. The summed E-state index contributed by atoms with van der Waals surface area (Å²) in [6.07, 6.45) is -0.285. The fourth-order valence-electron chi connectivity index (χ4n) is 0. The molecule has 0 radical (unpaired) electrons. The third-order valence-electron chi connectivity index (χ3n) is 0.387. The molecule has 0 aliphatic rings. The Morgan fingerprint density at radius 1 is 1.20 bits per heavy atom. The van der Waals surface area contributed by atoms with E-state index in [2.05, 4.69) is 0 Å². The third kappa shape index (κ3) is 32.0. The van der Waals surface area contributed by atoms with E-state index in [0.717, 1.165) is 0 Å². The number of hydrogen-bond acceptors (Lipinski definition) is 3. The molecule has 0 spiro atoms. The van der Waals surface area contributed by atoms with E-state index in [0.29, 0.717) is 0 Å². The van der Waals surface area contributed by atoms with Crippen LogP contribution in [0.15, 0.2) is 0 Å². The minimum absolute atomic E-state index is 0. The van der Waals surface area contributed by atoms with Gasteiger partial charge in [0, 0.05) is 0 Å². The van der Waals surface area contributed by atoms with E-state index in [1.807, 2.05) is 0 Å². The molecule has 0 aliphatic carbocycles. The first-order valence-electron chi connectivity index (χ1n) is 1.57. The van der Waals surface area contributed by atoms with Crippen LogP contribution in [0, 0.1) is 0 Å². The van der Waals surface area contributed by atoms with Crippen LogP contribution in [0.4, 0.5) is 0 Å². The Labute approximate surface area is 108 Å². The molecule has 0 saturated heterocycles. The van der Waals surface area contributed by atoms with Gasteiger partial charge in [-0.15, -0.1) is 0 Å². The number of hydrogen-bond donors (Lipinski definition) is 0. The van der Waals surface area contributed by atoms with Gasteiger partial charge in [0.05, 0.1) is 0 Å². The van der Waals surface area contributed by atoms with E-state index in [1.54, 1.807) is 0 Å². The standard InChI is InChI=1S/C2H7O3P.2CH4.2Na/c1-2-6(3,4)5;;;;/h2H2,1H3,(H2,3,4,5);2*1H4;;/q;;;2*+1/p-2. The predicted octanol–water partition coefficient (Wildman–Crippen LogP) is -5.80. The minimum atomic E-state index is -4.15. The summed E-state index contributed by atoms with van der Waals surface area (Å²) in [4.78, 5) is 18.9. The quantitative estimate of drug-likeness (QED) is 0.303. The Kier molecular flexibility index (Phi) is 40.5. The fourth-order valence-corrected chi connectivity index (χ4v) is 0. The summed E-state index contributed by atoms with van der Waals surface area (Å²) in [6, 6.07) is 0. The van der Waals surface area contributed by atoms with Crippen molar-refractivity contribution in [2.45, 2.75) is 21.8 Å². The van der Waals surface area contributed by atoms with Gasteiger partial charge >= 0.3 is 59.1 Å². The molecule has 0 heterocycles. The second-order valence-corrected chi connectivity index (χ2v) is 2.78. The van der Waals surface area contributed by atoms with Crippen molar-refractivity contribution in [3.8, 4) is 0 Å². The third-order valence-corrected chi connectivity index (χ3v) is 1.16. The molecule has 3 nitrogen and oxygen atoms in total. The minimum Gasteiger partial charge on any atom is -0.811 e. The Bertz CT molecular complexity index is 82.6.